The van der Waals surface area contributed by atoms with Crippen LogP contribution < -0.4 is 4.74 Å². The van der Waals surface area contributed by atoms with Crippen molar-refractivity contribution in [2.24, 2.45) is 0 Å². The Morgan fingerprint density at radius 1 is 0.812 bits per heavy atom. The summed E-state index contributed by atoms with van der Waals surface area (Å²) in [6.07, 6.45) is 0.757. The molecule has 6 rings (SSSR count). The molecule has 0 fully saturated rings. The molecule has 5 aromatic rings. The smallest absolute Gasteiger partial charge is 0.195 e. The van der Waals surface area contributed by atoms with E-state index < -0.39 is 0 Å². The quantitative estimate of drug-likeness (QED) is 0.305. The fourth-order valence-corrected chi connectivity index (χ4v) is 4.51. The lowest BCUT2D eigenvalue weighted by Gasteiger charge is -2.25. The first-order valence-corrected chi connectivity index (χ1v) is 11.0. The summed E-state index contributed by atoms with van der Waals surface area (Å²) in [5, 5.41) is 2.15. The van der Waals surface area contributed by atoms with E-state index >= 15 is 0 Å². The minimum atomic E-state index is 0.744. The zero-order valence-electron chi connectivity index (χ0n) is 18.4. The molecule has 0 saturated carbocycles. The number of rotatable bonds is 3. The van der Waals surface area contributed by atoms with Crippen LogP contribution in [-0.2, 0) is 6.42 Å². The summed E-state index contributed by atoms with van der Waals surface area (Å²) in [5.74, 6) is 2.42. The second-order valence-electron chi connectivity index (χ2n) is 8.45. The van der Waals surface area contributed by atoms with Crippen LogP contribution in [0, 0.1) is 13.8 Å². The van der Waals surface area contributed by atoms with E-state index in [1.165, 1.54) is 11.1 Å². The number of ether oxygens (including phenoxy) is 1. The second kappa shape index (κ2) is 7.10. The summed E-state index contributed by atoms with van der Waals surface area (Å²) >= 11 is 0. The average molecular weight is 418 g/mol. The van der Waals surface area contributed by atoms with Gasteiger partial charge in [-0.25, -0.2) is 4.98 Å². The van der Waals surface area contributed by atoms with Gasteiger partial charge in [0.15, 0.2) is 11.5 Å². The Balaban J connectivity index is 1.70. The molecule has 3 nitrogen and oxygen atoms in total. The first kappa shape index (κ1) is 18.9. The van der Waals surface area contributed by atoms with Crippen molar-refractivity contribution in [1.82, 2.24) is 4.98 Å². The van der Waals surface area contributed by atoms with Crippen molar-refractivity contribution in [3.8, 4) is 5.75 Å². The summed E-state index contributed by atoms with van der Waals surface area (Å²) in [6, 6.07) is 25.6. The Hall–Kier alpha value is -3.85. The van der Waals surface area contributed by atoms with Crippen molar-refractivity contribution in [2.75, 3.05) is 0 Å². The highest BCUT2D eigenvalue weighted by Gasteiger charge is 2.27. The molecule has 1 aromatic heterocycles. The lowest BCUT2D eigenvalue weighted by atomic mass is 9.88. The van der Waals surface area contributed by atoms with E-state index in [9.17, 15) is 0 Å². The molecule has 0 bridgehead atoms. The molecule has 2 heterocycles. The van der Waals surface area contributed by atoms with Crippen molar-refractivity contribution in [2.45, 2.75) is 27.2 Å². The minimum Gasteiger partial charge on any atom is -0.455 e. The van der Waals surface area contributed by atoms with Crippen molar-refractivity contribution >= 4 is 33.2 Å². The predicted molar refractivity (Wildman–Crippen MR) is 130 cm³/mol. The highest BCUT2D eigenvalue weighted by atomic mass is 16.5. The van der Waals surface area contributed by atoms with Gasteiger partial charge in [-0.2, -0.15) is 0 Å². The topological polar surface area (TPSA) is 35.3 Å². The fraction of sp³-hybridized carbons (Fsp3) is 0.138. The van der Waals surface area contributed by atoms with E-state index in [2.05, 4.69) is 87.5 Å². The maximum atomic E-state index is 6.67. The number of nitrogens with zero attached hydrogens (tertiary/aromatic N) is 1. The van der Waals surface area contributed by atoms with Gasteiger partial charge in [0.25, 0.3) is 0 Å². The molecular formula is C29H23NO2. The SMILES string of the molecule is CCc1nc2c(cc3c4c(cccc42)C(c2ccc(C)cc2)=C(c2ccc(C)cc2)O3)o1. The summed E-state index contributed by atoms with van der Waals surface area (Å²) in [4.78, 5) is 4.76. The van der Waals surface area contributed by atoms with Crippen molar-refractivity contribution in [1.29, 1.82) is 0 Å². The molecule has 4 aromatic carbocycles. The maximum Gasteiger partial charge on any atom is 0.195 e. The zero-order valence-corrected chi connectivity index (χ0v) is 18.4. The molecule has 0 atom stereocenters. The Bertz CT molecular complexity index is 1520. The average Bonchev–Trinajstić information content (AvgIpc) is 3.24. The number of oxazole rings is 1. The number of hydrogen-bond acceptors (Lipinski definition) is 3. The Morgan fingerprint density at radius 2 is 1.50 bits per heavy atom. The maximum absolute atomic E-state index is 6.67. The van der Waals surface area contributed by atoms with Gasteiger partial charge in [0, 0.05) is 34.4 Å². The van der Waals surface area contributed by atoms with Crippen molar-refractivity contribution in [3.63, 3.8) is 0 Å². The van der Waals surface area contributed by atoms with Crippen LogP contribution in [0.1, 0.15) is 40.6 Å². The lowest BCUT2D eigenvalue weighted by Crippen LogP contribution is -2.07. The Morgan fingerprint density at radius 3 is 2.19 bits per heavy atom. The summed E-state index contributed by atoms with van der Waals surface area (Å²) in [6.45, 7) is 6.27. The van der Waals surface area contributed by atoms with Crippen molar-refractivity contribution < 1.29 is 9.15 Å². The molecule has 0 saturated heterocycles. The van der Waals surface area contributed by atoms with Gasteiger partial charge < -0.3 is 9.15 Å². The molecule has 0 aliphatic carbocycles. The van der Waals surface area contributed by atoms with Crippen LogP contribution in [0.15, 0.2) is 77.2 Å². The highest BCUT2D eigenvalue weighted by molar-refractivity contribution is 6.16. The van der Waals surface area contributed by atoms with Crippen LogP contribution in [0.25, 0.3) is 33.2 Å². The monoisotopic (exact) mass is 417 g/mol. The molecule has 0 spiro atoms. The molecule has 0 amide bonds. The van der Waals surface area contributed by atoms with Crippen molar-refractivity contribution in [3.05, 3.63) is 107 Å². The van der Waals surface area contributed by atoms with Gasteiger partial charge in [-0.1, -0.05) is 84.8 Å². The van der Waals surface area contributed by atoms with E-state index in [-0.39, 0.29) is 0 Å². The third kappa shape index (κ3) is 2.85. The molecule has 1 aliphatic heterocycles. The summed E-state index contributed by atoms with van der Waals surface area (Å²) < 4.78 is 12.7. The number of benzene rings is 4. The zero-order chi connectivity index (χ0) is 21.8. The normalized spacial score (nSPS) is 13.1. The molecule has 32 heavy (non-hydrogen) atoms. The third-order valence-corrected chi connectivity index (χ3v) is 6.19. The predicted octanol–water partition coefficient (Wildman–Crippen LogP) is 7.47. The van der Waals surface area contributed by atoms with Crippen LogP contribution in [0.2, 0.25) is 0 Å². The molecule has 3 heteroatoms. The first-order valence-electron chi connectivity index (χ1n) is 11.0. The van der Waals surface area contributed by atoms with Gasteiger partial charge in [0.05, 0.1) is 0 Å². The van der Waals surface area contributed by atoms with Crippen LogP contribution in [0.3, 0.4) is 0 Å². The largest absolute Gasteiger partial charge is 0.455 e. The number of aromatic nitrogens is 1. The second-order valence-corrected chi connectivity index (χ2v) is 8.45. The Labute approximate surface area is 187 Å². The number of fused-ring (bicyclic) bond motifs is 2. The lowest BCUT2D eigenvalue weighted by molar-refractivity contribution is 0.513. The van der Waals surface area contributed by atoms with E-state index in [0.29, 0.717) is 0 Å². The van der Waals surface area contributed by atoms with Crippen LogP contribution >= 0.6 is 0 Å². The first-order chi connectivity index (χ1) is 15.6. The van der Waals surface area contributed by atoms with Gasteiger partial charge in [-0.05, 0) is 25.0 Å². The van der Waals surface area contributed by atoms with E-state index in [1.54, 1.807) is 0 Å². The standard InChI is InChI=1S/C29H23NO2/c1-4-25-30-28-22-7-5-6-21-26(19-12-8-17(2)9-13-19)29(20-14-10-18(3)11-15-20)32-23(27(21)22)16-24(28)31-25/h5-16H,4H2,1-3H3. The van der Waals surface area contributed by atoms with Gasteiger partial charge in [-0.3, -0.25) is 0 Å². The van der Waals surface area contributed by atoms with Gasteiger partial charge in [0.2, 0.25) is 0 Å². The van der Waals surface area contributed by atoms with Gasteiger partial charge in [-0.15, -0.1) is 0 Å². The fourth-order valence-electron chi connectivity index (χ4n) is 4.51. The van der Waals surface area contributed by atoms with Crippen LogP contribution in [0.4, 0.5) is 0 Å². The number of aryl methyl sites for hydroxylation is 3. The molecule has 0 N–H and O–H groups in total. The summed E-state index contributed by atoms with van der Waals surface area (Å²) in [5.41, 5.74) is 8.57. The van der Waals surface area contributed by atoms with E-state index in [1.807, 2.05) is 6.07 Å². The van der Waals surface area contributed by atoms with Crippen LogP contribution in [-0.4, -0.2) is 4.98 Å². The van der Waals surface area contributed by atoms with Crippen LogP contribution in [0.5, 0.6) is 5.75 Å². The van der Waals surface area contributed by atoms with E-state index in [0.717, 1.165) is 68.0 Å². The van der Waals surface area contributed by atoms with Gasteiger partial charge in [0.1, 0.15) is 17.0 Å². The third-order valence-electron chi connectivity index (χ3n) is 6.19. The highest BCUT2D eigenvalue weighted by Crippen LogP contribution is 2.47. The van der Waals surface area contributed by atoms with Gasteiger partial charge >= 0.3 is 0 Å². The Kier molecular flexibility index (Phi) is 4.19. The molecule has 0 radical (unpaired) electrons. The minimum absolute atomic E-state index is 0.744. The molecular weight excluding hydrogens is 394 g/mol. The number of hydrogen-bond donors (Lipinski definition) is 0. The summed E-state index contributed by atoms with van der Waals surface area (Å²) in [7, 11) is 0. The molecule has 0 unspecified atom stereocenters. The molecule has 156 valence electrons. The van der Waals surface area contributed by atoms with E-state index in [4.69, 9.17) is 14.1 Å². The molecule has 1 aliphatic rings.